The smallest absolute Gasteiger partial charge is 0.208 e. The van der Waals surface area contributed by atoms with Gasteiger partial charge in [0.15, 0.2) is 0 Å². The Morgan fingerprint density at radius 1 is 1.05 bits per heavy atom. The van der Waals surface area contributed by atoms with Crippen LogP contribution in [-0.2, 0) is 20.2 Å². The Balaban J connectivity index is 2.88. The van der Waals surface area contributed by atoms with Crippen LogP contribution < -0.4 is 4.72 Å². The van der Waals surface area contributed by atoms with Gasteiger partial charge in [0.1, 0.15) is 0 Å². The lowest BCUT2D eigenvalue weighted by Gasteiger charge is -2.17. The van der Waals surface area contributed by atoms with E-state index in [1.54, 1.807) is 6.92 Å². The number of nitrogens with one attached hydrogen (secondary N) is 1. The molecule has 0 heterocycles. The van der Waals surface area contributed by atoms with E-state index in [2.05, 4.69) is 4.72 Å². The van der Waals surface area contributed by atoms with E-state index in [1.807, 2.05) is 13.8 Å². The largest absolute Gasteiger partial charge is 0.332 e. The summed E-state index contributed by atoms with van der Waals surface area (Å²) in [6.45, 7) is 5.83. The molecule has 0 saturated carbocycles. The molecule has 0 bridgehead atoms. The molecule has 120 valence electrons. The van der Waals surface area contributed by atoms with Crippen LogP contribution in [0.15, 0.2) is 34.1 Å². The maximum absolute atomic E-state index is 12.7. The minimum absolute atomic E-state index is 0.0918. The molecule has 1 aromatic carbocycles. The SMILES string of the molecule is CCC(C)CC(C)NS(=O)(=O)c1ccc(S(=O)(=O)F)cc1. The van der Waals surface area contributed by atoms with Gasteiger partial charge in [-0.2, -0.15) is 8.42 Å². The van der Waals surface area contributed by atoms with Crippen LogP contribution in [0.3, 0.4) is 0 Å². The summed E-state index contributed by atoms with van der Waals surface area (Å²) in [6.07, 6.45) is 1.65. The highest BCUT2D eigenvalue weighted by molar-refractivity contribution is 7.89. The van der Waals surface area contributed by atoms with Crippen molar-refractivity contribution in [3.63, 3.8) is 0 Å². The van der Waals surface area contributed by atoms with E-state index < -0.39 is 25.1 Å². The third-order valence-corrected chi connectivity index (χ3v) is 5.67. The molecule has 0 fully saturated rings. The molecule has 0 aromatic heterocycles. The molecule has 2 atom stereocenters. The van der Waals surface area contributed by atoms with Gasteiger partial charge < -0.3 is 0 Å². The predicted molar refractivity (Wildman–Crippen MR) is 78.6 cm³/mol. The van der Waals surface area contributed by atoms with Gasteiger partial charge in [-0.1, -0.05) is 20.3 Å². The molecule has 0 saturated heterocycles. The maximum Gasteiger partial charge on any atom is 0.332 e. The fraction of sp³-hybridized carbons (Fsp3) is 0.538. The van der Waals surface area contributed by atoms with Crippen molar-refractivity contribution in [3.8, 4) is 0 Å². The molecule has 0 spiro atoms. The summed E-state index contributed by atoms with van der Waals surface area (Å²) in [4.78, 5) is -0.653. The highest BCUT2D eigenvalue weighted by Crippen LogP contribution is 2.17. The van der Waals surface area contributed by atoms with Crippen LogP contribution in [-0.4, -0.2) is 22.9 Å². The first-order chi connectivity index (χ1) is 9.56. The van der Waals surface area contributed by atoms with Crippen LogP contribution in [0.5, 0.6) is 0 Å². The minimum Gasteiger partial charge on any atom is -0.208 e. The van der Waals surface area contributed by atoms with Crippen molar-refractivity contribution in [2.24, 2.45) is 5.92 Å². The Morgan fingerprint density at radius 3 is 1.95 bits per heavy atom. The van der Waals surface area contributed by atoms with Crippen LogP contribution in [0.2, 0.25) is 0 Å². The fourth-order valence-corrected chi connectivity index (χ4v) is 3.65. The zero-order chi connectivity index (χ0) is 16.3. The van der Waals surface area contributed by atoms with Crippen molar-refractivity contribution in [1.82, 2.24) is 4.72 Å². The lowest BCUT2D eigenvalue weighted by molar-refractivity contribution is 0.445. The molecule has 21 heavy (non-hydrogen) atoms. The molecule has 0 aliphatic rings. The van der Waals surface area contributed by atoms with Crippen LogP contribution >= 0.6 is 0 Å². The molecular formula is C13H20FNO4S2. The Labute approximate surface area is 125 Å². The van der Waals surface area contributed by atoms with Crippen LogP contribution in [0.25, 0.3) is 0 Å². The third-order valence-electron chi connectivity index (χ3n) is 3.22. The first-order valence-electron chi connectivity index (χ1n) is 6.63. The molecule has 0 aliphatic carbocycles. The molecule has 0 radical (unpaired) electrons. The van der Waals surface area contributed by atoms with Gasteiger partial charge in [-0.05, 0) is 43.5 Å². The van der Waals surface area contributed by atoms with E-state index in [9.17, 15) is 20.7 Å². The minimum atomic E-state index is -4.82. The molecule has 1 aromatic rings. The standard InChI is InChI=1S/C13H20FNO4S2/c1-4-10(2)9-11(3)15-21(18,19)13-7-5-12(6-8-13)20(14,16)17/h5-8,10-11,15H,4,9H2,1-3H3. The van der Waals surface area contributed by atoms with Crippen molar-refractivity contribution in [2.45, 2.75) is 49.4 Å². The van der Waals surface area contributed by atoms with Crippen molar-refractivity contribution >= 4 is 20.2 Å². The van der Waals surface area contributed by atoms with E-state index in [0.29, 0.717) is 12.3 Å². The van der Waals surface area contributed by atoms with Crippen LogP contribution in [0, 0.1) is 5.92 Å². The summed E-state index contributed by atoms with van der Waals surface area (Å²) in [5.74, 6) is 0.391. The first kappa shape index (κ1) is 18.1. The second kappa shape index (κ2) is 6.85. The quantitative estimate of drug-likeness (QED) is 0.775. The normalized spacial score (nSPS) is 15.6. The topological polar surface area (TPSA) is 80.3 Å². The Hall–Kier alpha value is -0.990. The van der Waals surface area contributed by atoms with Crippen molar-refractivity contribution in [2.75, 3.05) is 0 Å². The van der Waals surface area contributed by atoms with Crippen LogP contribution in [0.1, 0.15) is 33.6 Å². The predicted octanol–water partition coefficient (Wildman–Crippen LogP) is 2.45. The number of sulfonamides is 1. The van der Waals surface area contributed by atoms with Gasteiger partial charge in [-0.3, -0.25) is 0 Å². The van der Waals surface area contributed by atoms with Crippen LogP contribution in [0.4, 0.5) is 3.89 Å². The molecular weight excluding hydrogens is 317 g/mol. The summed E-state index contributed by atoms with van der Waals surface area (Å²) in [6, 6.07) is 3.77. The summed E-state index contributed by atoms with van der Waals surface area (Å²) in [5.41, 5.74) is 0. The summed E-state index contributed by atoms with van der Waals surface area (Å²) >= 11 is 0. The first-order valence-corrected chi connectivity index (χ1v) is 9.50. The van der Waals surface area contributed by atoms with Gasteiger partial charge in [0.2, 0.25) is 10.0 Å². The lowest BCUT2D eigenvalue weighted by Crippen LogP contribution is -2.33. The zero-order valence-electron chi connectivity index (χ0n) is 12.2. The van der Waals surface area contributed by atoms with Crippen molar-refractivity contribution in [1.29, 1.82) is 0 Å². The molecule has 0 aliphatic heterocycles. The maximum atomic E-state index is 12.7. The van der Waals surface area contributed by atoms with Crippen molar-refractivity contribution < 1.29 is 20.7 Å². The summed E-state index contributed by atoms with van der Waals surface area (Å²) in [7, 11) is -8.57. The summed E-state index contributed by atoms with van der Waals surface area (Å²) < 4.78 is 60.9. The Kier molecular flexibility index (Phi) is 5.89. The van der Waals surface area contributed by atoms with Crippen molar-refractivity contribution in [3.05, 3.63) is 24.3 Å². The Bertz CT molecular complexity index is 669. The number of rotatable bonds is 7. The monoisotopic (exact) mass is 337 g/mol. The molecule has 1 rings (SSSR count). The van der Waals surface area contributed by atoms with E-state index >= 15 is 0 Å². The third kappa shape index (κ3) is 5.37. The second-order valence-electron chi connectivity index (χ2n) is 5.18. The van der Waals surface area contributed by atoms with E-state index in [4.69, 9.17) is 0 Å². The van der Waals surface area contributed by atoms with Gasteiger partial charge in [0.05, 0.1) is 9.79 Å². The van der Waals surface area contributed by atoms with Gasteiger partial charge in [0.25, 0.3) is 0 Å². The molecule has 8 heteroatoms. The average Bonchev–Trinajstić information content (AvgIpc) is 2.37. The van der Waals surface area contributed by atoms with E-state index in [1.165, 1.54) is 0 Å². The number of halogens is 1. The van der Waals surface area contributed by atoms with E-state index in [-0.39, 0.29) is 10.9 Å². The van der Waals surface area contributed by atoms with Gasteiger partial charge in [-0.25, -0.2) is 13.1 Å². The fourth-order valence-electron chi connectivity index (χ4n) is 1.93. The highest BCUT2D eigenvalue weighted by Gasteiger charge is 2.20. The summed E-state index contributed by atoms with van der Waals surface area (Å²) in [5, 5.41) is 0. The second-order valence-corrected chi connectivity index (χ2v) is 8.24. The molecule has 1 N–H and O–H groups in total. The van der Waals surface area contributed by atoms with Gasteiger partial charge in [0, 0.05) is 6.04 Å². The van der Waals surface area contributed by atoms with Gasteiger partial charge >= 0.3 is 10.2 Å². The van der Waals surface area contributed by atoms with E-state index in [0.717, 1.165) is 30.7 Å². The molecule has 2 unspecified atom stereocenters. The van der Waals surface area contributed by atoms with Gasteiger partial charge in [-0.15, -0.1) is 3.89 Å². The number of benzene rings is 1. The number of hydrogen-bond donors (Lipinski definition) is 1. The Morgan fingerprint density at radius 2 is 1.52 bits per heavy atom. The molecule has 0 amide bonds. The number of hydrogen-bond acceptors (Lipinski definition) is 4. The molecule has 5 nitrogen and oxygen atoms in total. The average molecular weight is 337 g/mol. The zero-order valence-corrected chi connectivity index (χ0v) is 13.8. The lowest BCUT2D eigenvalue weighted by atomic mass is 10.0. The highest BCUT2D eigenvalue weighted by atomic mass is 32.3.